The highest BCUT2D eigenvalue weighted by Gasteiger charge is 1.98. The van der Waals surface area contributed by atoms with E-state index < -0.39 is 0 Å². The van der Waals surface area contributed by atoms with Crippen LogP contribution in [0.3, 0.4) is 0 Å². The number of hydrogen-bond donors (Lipinski definition) is 1. The van der Waals surface area contributed by atoms with Crippen LogP contribution < -0.4 is 10.1 Å². The molecule has 0 aromatic heterocycles. The minimum atomic E-state index is -0.157. The van der Waals surface area contributed by atoms with Gasteiger partial charge in [-0.15, -0.1) is 0 Å². The number of rotatable bonds is 6. The van der Waals surface area contributed by atoms with Gasteiger partial charge in [-0.1, -0.05) is 60.7 Å². The van der Waals surface area contributed by atoms with Crippen molar-refractivity contribution in [2.24, 2.45) is 0 Å². The molecule has 3 heteroatoms. The monoisotopic (exact) mass is 329 g/mol. The second-order valence-corrected chi connectivity index (χ2v) is 5.53. The van der Waals surface area contributed by atoms with Gasteiger partial charge in [0.25, 0.3) is 0 Å². The van der Waals surface area contributed by atoms with Gasteiger partial charge in [0.1, 0.15) is 12.4 Å². The number of hydrogen-bond acceptors (Lipinski definition) is 2. The fourth-order valence-electron chi connectivity index (χ4n) is 2.29. The largest absolute Gasteiger partial charge is 0.489 e. The van der Waals surface area contributed by atoms with E-state index in [1.807, 2.05) is 84.9 Å². The predicted octanol–water partition coefficient (Wildman–Crippen LogP) is 4.92. The minimum absolute atomic E-state index is 0.157. The van der Waals surface area contributed by atoms with Crippen LogP contribution >= 0.6 is 0 Å². The molecular weight excluding hydrogens is 310 g/mol. The van der Waals surface area contributed by atoms with Gasteiger partial charge in [-0.3, -0.25) is 4.79 Å². The standard InChI is InChI=1S/C22H19NO2/c24-22(23-20-9-5-2-6-10-20)16-13-18-11-14-21(15-12-18)25-17-19-7-3-1-4-8-19/h1-16H,17H2,(H,23,24)/b16-13+. The van der Waals surface area contributed by atoms with Gasteiger partial charge < -0.3 is 10.1 Å². The van der Waals surface area contributed by atoms with Crippen molar-refractivity contribution < 1.29 is 9.53 Å². The fraction of sp³-hybridized carbons (Fsp3) is 0.0455. The lowest BCUT2D eigenvalue weighted by Gasteiger charge is -2.06. The maximum Gasteiger partial charge on any atom is 0.248 e. The SMILES string of the molecule is O=C(/C=C/c1ccc(OCc2ccccc2)cc1)Nc1ccccc1. The lowest BCUT2D eigenvalue weighted by Crippen LogP contribution is -2.07. The van der Waals surface area contributed by atoms with Crippen LogP contribution in [0.4, 0.5) is 5.69 Å². The van der Waals surface area contributed by atoms with E-state index in [1.54, 1.807) is 6.08 Å². The maximum atomic E-state index is 11.9. The molecule has 0 aliphatic heterocycles. The van der Waals surface area contributed by atoms with Crippen LogP contribution in [-0.2, 0) is 11.4 Å². The molecule has 0 unspecified atom stereocenters. The molecule has 0 aliphatic rings. The van der Waals surface area contributed by atoms with Crippen molar-refractivity contribution in [3.63, 3.8) is 0 Å². The van der Waals surface area contributed by atoms with Crippen molar-refractivity contribution in [3.05, 3.63) is 102 Å². The van der Waals surface area contributed by atoms with E-state index in [4.69, 9.17) is 4.74 Å². The molecule has 3 nitrogen and oxygen atoms in total. The van der Waals surface area contributed by atoms with Crippen LogP contribution in [-0.4, -0.2) is 5.91 Å². The Bertz CT molecular complexity index is 825. The molecule has 0 saturated carbocycles. The molecule has 3 aromatic carbocycles. The number of benzene rings is 3. The summed E-state index contributed by atoms with van der Waals surface area (Å²) in [5, 5.41) is 2.81. The van der Waals surface area contributed by atoms with E-state index in [0.29, 0.717) is 6.61 Å². The lowest BCUT2D eigenvalue weighted by atomic mass is 10.2. The van der Waals surface area contributed by atoms with E-state index in [0.717, 1.165) is 22.6 Å². The van der Waals surface area contributed by atoms with Gasteiger partial charge in [-0.05, 0) is 41.5 Å². The third kappa shape index (κ3) is 5.36. The Hall–Kier alpha value is -3.33. The summed E-state index contributed by atoms with van der Waals surface area (Å²) < 4.78 is 5.75. The topological polar surface area (TPSA) is 38.3 Å². The normalized spacial score (nSPS) is 10.6. The zero-order chi connectivity index (χ0) is 17.3. The van der Waals surface area contributed by atoms with Crippen molar-refractivity contribution >= 4 is 17.7 Å². The first kappa shape index (κ1) is 16.5. The average molecular weight is 329 g/mol. The first-order valence-corrected chi connectivity index (χ1v) is 8.10. The smallest absolute Gasteiger partial charge is 0.248 e. The predicted molar refractivity (Wildman–Crippen MR) is 101 cm³/mol. The van der Waals surface area contributed by atoms with Crippen LogP contribution in [0.5, 0.6) is 5.75 Å². The molecule has 0 saturated heterocycles. The Kier molecular flexibility index (Phi) is 5.62. The Balaban J connectivity index is 1.52. The van der Waals surface area contributed by atoms with Gasteiger partial charge in [0.2, 0.25) is 5.91 Å². The molecule has 0 heterocycles. The van der Waals surface area contributed by atoms with Gasteiger partial charge in [0.05, 0.1) is 0 Å². The second-order valence-electron chi connectivity index (χ2n) is 5.53. The van der Waals surface area contributed by atoms with Gasteiger partial charge in [-0.2, -0.15) is 0 Å². The highest BCUT2D eigenvalue weighted by Crippen LogP contribution is 2.15. The summed E-state index contributed by atoms with van der Waals surface area (Å²) in [6.07, 6.45) is 3.30. The first-order valence-electron chi connectivity index (χ1n) is 8.10. The minimum Gasteiger partial charge on any atom is -0.489 e. The van der Waals surface area contributed by atoms with Gasteiger partial charge >= 0.3 is 0 Å². The molecule has 1 amide bonds. The molecule has 3 aromatic rings. The molecule has 0 spiro atoms. The summed E-state index contributed by atoms with van der Waals surface area (Å²) in [6, 6.07) is 27.1. The average Bonchev–Trinajstić information content (AvgIpc) is 2.67. The maximum absolute atomic E-state index is 11.9. The molecule has 124 valence electrons. The summed E-state index contributed by atoms with van der Waals surface area (Å²) >= 11 is 0. The fourth-order valence-corrected chi connectivity index (χ4v) is 2.29. The number of ether oxygens (including phenoxy) is 1. The van der Waals surface area contributed by atoms with Crippen LogP contribution in [0.25, 0.3) is 6.08 Å². The van der Waals surface area contributed by atoms with Crippen molar-refractivity contribution in [1.82, 2.24) is 0 Å². The zero-order valence-electron chi connectivity index (χ0n) is 13.8. The quantitative estimate of drug-likeness (QED) is 0.652. The molecule has 0 aliphatic carbocycles. The highest BCUT2D eigenvalue weighted by molar-refractivity contribution is 6.01. The first-order chi connectivity index (χ1) is 12.3. The number of carbonyl (C=O) groups excluding carboxylic acids is 1. The van der Waals surface area contributed by atoms with Crippen molar-refractivity contribution in [2.75, 3.05) is 5.32 Å². The number of nitrogens with one attached hydrogen (secondary N) is 1. The van der Waals surface area contributed by atoms with Crippen molar-refractivity contribution in [1.29, 1.82) is 0 Å². The Morgan fingerprint density at radius 2 is 1.48 bits per heavy atom. The molecular formula is C22H19NO2. The van der Waals surface area contributed by atoms with E-state index in [2.05, 4.69) is 5.32 Å². The number of anilines is 1. The van der Waals surface area contributed by atoms with E-state index in [-0.39, 0.29) is 5.91 Å². The Morgan fingerprint density at radius 1 is 0.840 bits per heavy atom. The third-order valence-corrected chi connectivity index (χ3v) is 3.60. The number of amides is 1. The molecule has 0 bridgehead atoms. The summed E-state index contributed by atoms with van der Waals surface area (Å²) in [4.78, 5) is 11.9. The zero-order valence-corrected chi connectivity index (χ0v) is 13.8. The molecule has 0 radical (unpaired) electrons. The summed E-state index contributed by atoms with van der Waals surface area (Å²) in [7, 11) is 0. The van der Waals surface area contributed by atoms with E-state index in [9.17, 15) is 4.79 Å². The molecule has 3 rings (SSSR count). The highest BCUT2D eigenvalue weighted by atomic mass is 16.5. The molecule has 1 N–H and O–H groups in total. The Labute approximate surface area is 147 Å². The van der Waals surface area contributed by atoms with E-state index >= 15 is 0 Å². The number of para-hydroxylation sites is 1. The molecule has 0 fully saturated rings. The molecule has 25 heavy (non-hydrogen) atoms. The van der Waals surface area contributed by atoms with Crippen LogP contribution in [0.2, 0.25) is 0 Å². The van der Waals surface area contributed by atoms with Gasteiger partial charge in [-0.25, -0.2) is 0 Å². The number of carbonyl (C=O) groups is 1. The second kappa shape index (κ2) is 8.50. The van der Waals surface area contributed by atoms with Crippen molar-refractivity contribution in [2.45, 2.75) is 6.61 Å². The van der Waals surface area contributed by atoms with Crippen LogP contribution in [0, 0.1) is 0 Å². The van der Waals surface area contributed by atoms with E-state index in [1.165, 1.54) is 6.08 Å². The van der Waals surface area contributed by atoms with Gasteiger partial charge in [0, 0.05) is 11.8 Å². The van der Waals surface area contributed by atoms with Crippen LogP contribution in [0.15, 0.2) is 91.0 Å². The lowest BCUT2D eigenvalue weighted by molar-refractivity contribution is -0.111. The summed E-state index contributed by atoms with van der Waals surface area (Å²) in [5.41, 5.74) is 2.85. The summed E-state index contributed by atoms with van der Waals surface area (Å²) in [6.45, 7) is 0.537. The van der Waals surface area contributed by atoms with Gasteiger partial charge in [0.15, 0.2) is 0 Å². The van der Waals surface area contributed by atoms with Crippen LogP contribution in [0.1, 0.15) is 11.1 Å². The van der Waals surface area contributed by atoms with Crippen molar-refractivity contribution in [3.8, 4) is 5.75 Å². The Morgan fingerprint density at radius 3 is 2.16 bits per heavy atom. The summed E-state index contributed by atoms with van der Waals surface area (Å²) in [5.74, 6) is 0.644. The molecule has 0 atom stereocenters. The third-order valence-electron chi connectivity index (χ3n) is 3.60.